The maximum atomic E-state index is 12.1. The molecule has 0 fully saturated rings. The highest BCUT2D eigenvalue weighted by Gasteiger charge is 2.31. The molecule has 0 radical (unpaired) electrons. The number of carbonyl (C=O) groups is 3. The fourth-order valence-corrected chi connectivity index (χ4v) is 3.31. The number of nitriles is 1. The van der Waals surface area contributed by atoms with Gasteiger partial charge in [-0.25, -0.2) is 0 Å². The molecule has 0 unspecified atom stereocenters. The number of ether oxygens (including phenoxy) is 1. The second-order valence-electron chi connectivity index (χ2n) is 6.47. The predicted octanol–water partition coefficient (Wildman–Crippen LogP) is 2.09. The van der Waals surface area contributed by atoms with Crippen LogP contribution in [0.2, 0.25) is 0 Å². The van der Waals surface area contributed by atoms with Gasteiger partial charge in [-0.15, -0.1) is 11.8 Å². The fraction of sp³-hybridized carbons (Fsp3) is 0.444. The molecule has 1 aromatic carbocycles. The largest absolute Gasteiger partial charge is 0.456 e. The third kappa shape index (κ3) is 4.76. The van der Waals surface area contributed by atoms with Gasteiger partial charge in [-0.1, -0.05) is 26.0 Å². The number of hydrogen-bond acceptors (Lipinski definition) is 6. The number of benzene rings is 1. The SMILES string of the molecule is CC(C)[C@@](C)(C#N)NC(=O)COC(=O)C[C@H]1Sc2ccccc2NC1=O. The van der Waals surface area contributed by atoms with Crippen molar-refractivity contribution in [3.63, 3.8) is 0 Å². The minimum absolute atomic E-state index is 0.102. The van der Waals surface area contributed by atoms with Crippen LogP contribution in [-0.4, -0.2) is 35.2 Å². The summed E-state index contributed by atoms with van der Waals surface area (Å²) in [5, 5.41) is 13.9. The molecule has 2 amide bonds. The van der Waals surface area contributed by atoms with Crippen LogP contribution in [0.25, 0.3) is 0 Å². The van der Waals surface area contributed by atoms with Crippen molar-refractivity contribution in [1.29, 1.82) is 5.26 Å². The first-order chi connectivity index (χ1) is 12.2. The Morgan fingerprint density at radius 1 is 1.42 bits per heavy atom. The van der Waals surface area contributed by atoms with Gasteiger partial charge in [-0.05, 0) is 25.0 Å². The summed E-state index contributed by atoms with van der Waals surface area (Å²) in [5.41, 5.74) is -0.317. The summed E-state index contributed by atoms with van der Waals surface area (Å²) in [5.74, 6) is -1.57. The highest BCUT2D eigenvalue weighted by atomic mass is 32.2. The van der Waals surface area contributed by atoms with Crippen LogP contribution in [0.15, 0.2) is 29.2 Å². The minimum Gasteiger partial charge on any atom is -0.456 e. The Morgan fingerprint density at radius 3 is 2.77 bits per heavy atom. The van der Waals surface area contributed by atoms with Crippen molar-refractivity contribution in [2.75, 3.05) is 11.9 Å². The lowest BCUT2D eigenvalue weighted by atomic mass is 9.90. The van der Waals surface area contributed by atoms with Crippen molar-refractivity contribution >= 4 is 35.2 Å². The van der Waals surface area contributed by atoms with Crippen molar-refractivity contribution in [1.82, 2.24) is 5.32 Å². The number of hydrogen-bond donors (Lipinski definition) is 2. The molecule has 2 N–H and O–H groups in total. The van der Waals surface area contributed by atoms with E-state index in [4.69, 9.17) is 4.74 Å². The van der Waals surface area contributed by atoms with E-state index in [-0.39, 0.29) is 18.2 Å². The van der Waals surface area contributed by atoms with E-state index in [2.05, 4.69) is 10.6 Å². The Hall–Kier alpha value is -2.53. The smallest absolute Gasteiger partial charge is 0.307 e. The van der Waals surface area contributed by atoms with E-state index in [0.717, 1.165) is 10.6 Å². The third-order valence-corrected chi connectivity index (χ3v) is 5.48. The van der Waals surface area contributed by atoms with Crippen molar-refractivity contribution < 1.29 is 19.1 Å². The normalized spacial score (nSPS) is 18.1. The van der Waals surface area contributed by atoms with Crippen LogP contribution in [0.5, 0.6) is 0 Å². The summed E-state index contributed by atoms with van der Waals surface area (Å²) in [4.78, 5) is 36.9. The number of amides is 2. The van der Waals surface area contributed by atoms with E-state index in [0.29, 0.717) is 0 Å². The molecule has 1 aliphatic rings. The molecule has 8 heteroatoms. The first kappa shape index (κ1) is 19.8. The number of rotatable bonds is 6. The van der Waals surface area contributed by atoms with Gasteiger partial charge in [0, 0.05) is 4.90 Å². The number of anilines is 1. The van der Waals surface area contributed by atoms with Gasteiger partial charge in [0.05, 0.1) is 23.4 Å². The molecular weight excluding hydrogens is 354 g/mol. The molecule has 0 spiro atoms. The number of thioether (sulfide) groups is 1. The molecular formula is C18H21N3O4S. The summed E-state index contributed by atoms with van der Waals surface area (Å²) in [6.45, 7) is 4.74. The summed E-state index contributed by atoms with van der Waals surface area (Å²) >= 11 is 1.29. The second kappa shape index (κ2) is 8.23. The van der Waals surface area contributed by atoms with Gasteiger partial charge in [0.25, 0.3) is 5.91 Å². The van der Waals surface area contributed by atoms with E-state index >= 15 is 0 Å². The molecule has 26 heavy (non-hydrogen) atoms. The average molecular weight is 375 g/mol. The van der Waals surface area contributed by atoms with Crippen molar-refractivity contribution in [3.05, 3.63) is 24.3 Å². The Kier molecular flexibility index (Phi) is 6.27. The molecule has 138 valence electrons. The van der Waals surface area contributed by atoms with Crippen LogP contribution < -0.4 is 10.6 Å². The molecule has 7 nitrogen and oxygen atoms in total. The van der Waals surface area contributed by atoms with Gasteiger partial charge in [0.15, 0.2) is 6.61 Å². The third-order valence-electron chi connectivity index (χ3n) is 4.21. The number of nitrogens with zero attached hydrogens (tertiary/aromatic N) is 1. The zero-order valence-electron chi connectivity index (χ0n) is 14.9. The number of fused-ring (bicyclic) bond motifs is 1. The molecule has 0 saturated heterocycles. The number of nitrogens with one attached hydrogen (secondary N) is 2. The number of esters is 1. The van der Waals surface area contributed by atoms with E-state index < -0.39 is 29.3 Å². The Bertz CT molecular complexity index is 759. The lowest BCUT2D eigenvalue weighted by Gasteiger charge is -2.27. The van der Waals surface area contributed by atoms with Gasteiger partial charge in [-0.2, -0.15) is 5.26 Å². The first-order valence-electron chi connectivity index (χ1n) is 8.19. The summed E-state index contributed by atoms with van der Waals surface area (Å²) in [7, 11) is 0. The second-order valence-corrected chi connectivity index (χ2v) is 7.72. The lowest BCUT2D eigenvalue weighted by molar-refractivity contribution is -0.149. The number of carbonyl (C=O) groups excluding carboxylic acids is 3. The molecule has 1 aliphatic heterocycles. The topological polar surface area (TPSA) is 108 Å². The standard InChI is InChI=1S/C18H21N3O4S/c1-11(2)18(3,10-19)21-15(22)9-25-16(23)8-14-17(24)20-12-6-4-5-7-13(12)26-14/h4-7,11,14H,8-9H2,1-3H3,(H,20,24)(H,21,22)/t14-,18-/m1/s1. The molecule has 2 rings (SSSR count). The lowest BCUT2D eigenvalue weighted by Crippen LogP contribution is -2.50. The summed E-state index contributed by atoms with van der Waals surface area (Å²) in [6, 6.07) is 9.37. The van der Waals surface area contributed by atoms with Crippen LogP contribution >= 0.6 is 11.8 Å². The Labute approximate surface area is 156 Å². The molecule has 0 saturated carbocycles. The van der Waals surface area contributed by atoms with E-state index in [1.54, 1.807) is 13.0 Å². The van der Waals surface area contributed by atoms with Crippen molar-refractivity contribution in [2.24, 2.45) is 5.92 Å². The molecule has 1 aromatic rings. The molecule has 0 aromatic heterocycles. The number of para-hydroxylation sites is 1. The van der Waals surface area contributed by atoms with Crippen molar-refractivity contribution in [3.8, 4) is 6.07 Å². The van der Waals surface area contributed by atoms with Crippen LogP contribution in [0.4, 0.5) is 5.69 Å². The van der Waals surface area contributed by atoms with Gasteiger partial charge in [0.1, 0.15) is 5.54 Å². The van der Waals surface area contributed by atoms with E-state index in [1.807, 2.05) is 38.1 Å². The minimum atomic E-state index is -1.04. The maximum absolute atomic E-state index is 12.1. The van der Waals surface area contributed by atoms with Gasteiger partial charge in [0.2, 0.25) is 5.91 Å². The Morgan fingerprint density at radius 2 is 2.12 bits per heavy atom. The average Bonchev–Trinajstić information content (AvgIpc) is 2.60. The molecule has 0 aliphatic carbocycles. The van der Waals surface area contributed by atoms with Crippen LogP contribution in [0.1, 0.15) is 27.2 Å². The summed E-state index contributed by atoms with van der Waals surface area (Å²) in [6.07, 6.45) is -0.141. The molecule has 2 atom stereocenters. The maximum Gasteiger partial charge on any atom is 0.307 e. The monoisotopic (exact) mass is 375 g/mol. The van der Waals surface area contributed by atoms with Crippen LogP contribution in [0.3, 0.4) is 0 Å². The van der Waals surface area contributed by atoms with Crippen molar-refractivity contribution in [2.45, 2.75) is 42.9 Å². The van der Waals surface area contributed by atoms with Gasteiger partial charge >= 0.3 is 5.97 Å². The zero-order chi connectivity index (χ0) is 19.3. The quantitative estimate of drug-likeness (QED) is 0.737. The molecule has 0 bridgehead atoms. The highest BCUT2D eigenvalue weighted by molar-refractivity contribution is 8.01. The molecule has 1 heterocycles. The van der Waals surface area contributed by atoms with E-state index in [1.165, 1.54) is 11.8 Å². The Balaban J connectivity index is 1.85. The predicted molar refractivity (Wildman–Crippen MR) is 97.3 cm³/mol. The van der Waals surface area contributed by atoms with E-state index in [9.17, 15) is 19.6 Å². The summed E-state index contributed by atoms with van der Waals surface area (Å²) < 4.78 is 4.96. The van der Waals surface area contributed by atoms with Gasteiger partial charge < -0.3 is 15.4 Å². The van der Waals surface area contributed by atoms with Crippen LogP contribution in [-0.2, 0) is 19.1 Å². The fourth-order valence-electron chi connectivity index (χ4n) is 2.21. The van der Waals surface area contributed by atoms with Gasteiger partial charge in [-0.3, -0.25) is 14.4 Å². The first-order valence-corrected chi connectivity index (χ1v) is 9.07. The van der Waals surface area contributed by atoms with Crippen LogP contribution in [0, 0.1) is 17.2 Å². The zero-order valence-corrected chi connectivity index (χ0v) is 15.7. The highest BCUT2D eigenvalue weighted by Crippen LogP contribution is 2.36.